The van der Waals surface area contributed by atoms with E-state index in [1.165, 1.54) is 0 Å². The van der Waals surface area contributed by atoms with Gasteiger partial charge in [0.1, 0.15) is 11.9 Å². The Morgan fingerprint density at radius 2 is 2.24 bits per heavy atom. The molecular weight excluding hydrogens is 220 g/mol. The highest BCUT2D eigenvalue weighted by Crippen LogP contribution is 2.18. The molecule has 1 atom stereocenters. The molecule has 0 N–H and O–H groups in total. The van der Waals surface area contributed by atoms with Crippen LogP contribution in [0.15, 0.2) is 6.33 Å². The summed E-state index contributed by atoms with van der Waals surface area (Å²) in [6.07, 6.45) is 1.40. The molecule has 1 amide bonds. The minimum absolute atomic E-state index is 0.0911. The van der Waals surface area contributed by atoms with Crippen molar-refractivity contribution in [2.75, 3.05) is 0 Å². The topological polar surface area (TPSA) is 60.2 Å². The number of amides is 1. The Morgan fingerprint density at radius 1 is 1.53 bits per heavy atom. The summed E-state index contributed by atoms with van der Waals surface area (Å²) < 4.78 is 7.33. The van der Waals surface area contributed by atoms with Gasteiger partial charge in [-0.15, -0.1) is 10.2 Å². The highest BCUT2D eigenvalue weighted by atomic mass is 16.6. The summed E-state index contributed by atoms with van der Waals surface area (Å²) in [5.41, 5.74) is -0.470. The van der Waals surface area contributed by atoms with Crippen LogP contribution in [-0.4, -0.2) is 37.4 Å². The number of hydrogen-bond acceptors (Lipinski definition) is 4. The molecule has 2 rings (SSSR count). The summed E-state index contributed by atoms with van der Waals surface area (Å²) in [5.74, 6) is 0.800. The molecule has 1 aromatic rings. The van der Waals surface area contributed by atoms with Crippen LogP contribution in [0.1, 0.15) is 33.5 Å². The number of fused-ring (bicyclic) bond motifs is 1. The lowest BCUT2D eigenvalue weighted by Crippen LogP contribution is -2.46. The average Bonchev–Trinajstić information content (AvgIpc) is 2.60. The molecule has 0 fully saturated rings. The molecule has 0 saturated heterocycles. The second-order valence-electron chi connectivity index (χ2n) is 5.36. The number of hydrogen-bond donors (Lipinski definition) is 0. The highest BCUT2D eigenvalue weighted by Gasteiger charge is 2.31. The van der Waals surface area contributed by atoms with Gasteiger partial charge in [0, 0.05) is 6.54 Å². The third-order valence-electron chi connectivity index (χ3n) is 2.63. The Hall–Kier alpha value is -1.59. The first kappa shape index (κ1) is 11.9. The molecule has 6 heteroatoms. The third kappa shape index (κ3) is 2.57. The Balaban J connectivity index is 2.10. The molecule has 0 spiro atoms. The van der Waals surface area contributed by atoms with Gasteiger partial charge in [0.2, 0.25) is 0 Å². The van der Waals surface area contributed by atoms with Crippen LogP contribution in [0.2, 0.25) is 0 Å². The second kappa shape index (κ2) is 4.01. The van der Waals surface area contributed by atoms with Crippen molar-refractivity contribution in [2.24, 2.45) is 0 Å². The molecular formula is C11H18N4O2. The van der Waals surface area contributed by atoms with Crippen LogP contribution >= 0.6 is 0 Å². The monoisotopic (exact) mass is 238 g/mol. The van der Waals surface area contributed by atoms with Crippen LogP contribution in [0, 0.1) is 0 Å². The van der Waals surface area contributed by atoms with Gasteiger partial charge >= 0.3 is 6.09 Å². The zero-order valence-corrected chi connectivity index (χ0v) is 10.7. The van der Waals surface area contributed by atoms with Crippen molar-refractivity contribution in [1.29, 1.82) is 0 Å². The Bertz CT molecular complexity index is 421. The maximum Gasteiger partial charge on any atom is 0.411 e. The zero-order valence-electron chi connectivity index (χ0n) is 10.7. The first-order chi connectivity index (χ1) is 7.87. The minimum Gasteiger partial charge on any atom is -0.444 e. The number of carbonyl (C=O) groups is 1. The molecule has 1 aliphatic rings. The molecule has 2 heterocycles. The van der Waals surface area contributed by atoms with Crippen LogP contribution in [0.25, 0.3) is 0 Å². The molecule has 0 radical (unpaired) electrons. The van der Waals surface area contributed by atoms with Crippen LogP contribution < -0.4 is 0 Å². The van der Waals surface area contributed by atoms with E-state index < -0.39 is 5.60 Å². The van der Waals surface area contributed by atoms with Crippen LogP contribution in [0.4, 0.5) is 4.79 Å². The molecule has 0 aromatic carbocycles. The van der Waals surface area contributed by atoms with Crippen molar-refractivity contribution in [2.45, 2.75) is 52.4 Å². The van der Waals surface area contributed by atoms with E-state index in [2.05, 4.69) is 10.2 Å². The van der Waals surface area contributed by atoms with E-state index in [-0.39, 0.29) is 12.1 Å². The van der Waals surface area contributed by atoms with Crippen LogP contribution in [0.3, 0.4) is 0 Å². The molecule has 1 aromatic heterocycles. The third-order valence-corrected chi connectivity index (χ3v) is 2.63. The van der Waals surface area contributed by atoms with E-state index in [1.807, 2.05) is 32.3 Å². The fourth-order valence-electron chi connectivity index (χ4n) is 1.81. The maximum atomic E-state index is 12.0. The number of nitrogens with zero attached hydrogens (tertiary/aromatic N) is 4. The molecule has 0 aliphatic carbocycles. The summed E-state index contributed by atoms with van der Waals surface area (Å²) in [6.45, 7) is 8.75. The first-order valence-corrected chi connectivity index (χ1v) is 5.73. The van der Waals surface area contributed by atoms with Gasteiger partial charge in [0.05, 0.1) is 12.6 Å². The van der Waals surface area contributed by atoms with E-state index in [0.717, 1.165) is 5.82 Å². The fourth-order valence-corrected chi connectivity index (χ4v) is 1.81. The van der Waals surface area contributed by atoms with Gasteiger partial charge in [0.15, 0.2) is 5.82 Å². The molecule has 6 nitrogen and oxygen atoms in total. The van der Waals surface area contributed by atoms with Crippen molar-refractivity contribution in [1.82, 2.24) is 19.7 Å². The van der Waals surface area contributed by atoms with E-state index in [4.69, 9.17) is 4.74 Å². The van der Waals surface area contributed by atoms with Crippen molar-refractivity contribution in [3.8, 4) is 0 Å². The van der Waals surface area contributed by atoms with Gasteiger partial charge in [0.25, 0.3) is 0 Å². The van der Waals surface area contributed by atoms with E-state index in [1.54, 1.807) is 11.2 Å². The Kier molecular flexibility index (Phi) is 2.81. The van der Waals surface area contributed by atoms with E-state index >= 15 is 0 Å². The quantitative estimate of drug-likeness (QED) is 0.685. The number of carbonyl (C=O) groups excluding carboxylic acids is 1. The lowest BCUT2D eigenvalue weighted by Gasteiger charge is -2.34. The molecule has 1 unspecified atom stereocenters. The van der Waals surface area contributed by atoms with Crippen molar-refractivity contribution < 1.29 is 9.53 Å². The second-order valence-corrected chi connectivity index (χ2v) is 5.36. The van der Waals surface area contributed by atoms with E-state index in [0.29, 0.717) is 13.1 Å². The van der Waals surface area contributed by atoms with Crippen LogP contribution in [0.5, 0.6) is 0 Å². The Morgan fingerprint density at radius 3 is 2.88 bits per heavy atom. The van der Waals surface area contributed by atoms with E-state index in [9.17, 15) is 4.79 Å². The van der Waals surface area contributed by atoms with Gasteiger partial charge in [-0.1, -0.05) is 0 Å². The summed E-state index contributed by atoms with van der Waals surface area (Å²) in [5, 5.41) is 7.82. The maximum absolute atomic E-state index is 12.0. The summed E-state index contributed by atoms with van der Waals surface area (Å²) >= 11 is 0. The smallest absolute Gasteiger partial charge is 0.411 e. The predicted molar refractivity (Wildman–Crippen MR) is 61.3 cm³/mol. The average molecular weight is 238 g/mol. The van der Waals surface area contributed by atoms with Gasteiger partial charge in [-0.05, 0) is 27.7 Å². The molecule has 0 saturated carbocycles. The largest absolute Gasteiger partial charge is 0.444 e. The lowest BCUT2D eigenvalue weighted by molar-refractivity contribution is 0.00934. The molecule has 0 bridgehead atoms. The normalized spacial score (nSPS) is 20.0. The van der Waals surface area contributed by atoms with Gasteiger partial charge in [-0.25, -0.2) is 4.79 Å². The molecule has 94 valence electrons. The van der Waals surface area contributed by atoms with Crippen molar-refractivity contribution in [3.05, 3.63) is 12.2 Å². The predicted octanol–water partition coefficient (Wildman–Crippen LogP) is 1.42. The van der Waals surface area contributed by atoms with Gasteiger partial charge in [-0.3, -0.25) is 4.90 Å². The summed E-state index contributed by atoms with van der Waals surface area (Å²) in [4.78, 5) is 13.7. The van der Waals surface area contributed by atoms with Crippen molar-refractivity contribution >= 4 is 6.09 Å². The van der Waals surface area contributed by atoms with Gasteiger partial charge in [-0.2, -0.15) is 0 Å². The minimum atomic E-state index is -0.470. The summed E-state index contributed by atoms with van der Waals surface area (Å²) in [6, 6.07) is 0.0911. The standard InChI is InChI=1S/C11H18N4O2/c1-8-5-14-7-12-13-9(14)6-15(8)10(16)17-11(2,3)4/h7-8H,5-6H2,1-4H3. The molecule has 17 heavy (non-hydrogen) atoms. The number of ether oxygens (including phenoxy) is 1. The van der Waals surface area contributed by atoms with Crippen LogP contribution in [-0.2, 0) is 17.8 Å². The molecule has 1 aliphatic heterocycles. The van der Waals surface area contributed by atoms with Gasteiger partial charge < -0.3 is 9.30 Å². The number of aromatic nitrogens is 3. The first-order valence-electron chi connectivity index (χ1n) is 5.73. The number of rotatable bonds is 0. The Labute approximate surface area is 101 Å². The fraction of sp³-hybridized carbons (Fsp3) is 0.727. The van der Waals surface area contributed by atoms with Crippen molar-refractivity contribution in [3.63, 3.8) is 0 Å². The SMILES string of the molecule is CC1Cn2cnnc2CN1C(=O)OC(C)(C)C. The highest BCUT2D eigenvalue weighted by molar-refractivity contribution is 5.68. The lowest BCUT2D eigenvalue weighted by atomic mass is 10.2. The summed E-state index contributed by atoms with van der Waals surface area (Å²) in [7, 11) is 0. The zero-order chi connectivity index (χ0) is 12.6.